The van der Waals surface area contributed by atoms with Gasteiger partial charge >= 0.3 is 5.97 Å². The largest absolute Gasteiger partial charge is 0.459 e. The predicted octanol–water partition coefficient (Wildman–Crippen LogP) is 7.09. The van der Waals surface area contributed by atoms with Crippen LogP contribution in [0.2, 0.25) is 0 Å². The Labute approximate surface area is 168 Å². The summed E-state index contributed by atoms with van der Waals surface area (Å²) in [6, 6.07) is 0. The van der Waals surface area contributed by atoms with Crippen molar-refractivity contribution in [3.05, 3.63) is 0 Å². The molecule has 0 aromatic heterocycles. The van der Waals surface area contributed by atoms with E-state index in [9.17, 15) is 9.90 Å². The summed E-state index contributed by atoms with van der Waals surface area (Å²) in [6.45, 7) is 4.34. The fraction of sp³-hybridized carbons (Fsp3) is 0.958. The summed E-state index contributed by atoms with van der Waals surface area (Å²) in [5.41, 5.74) is -0.398. The molecule has 0 aromatic rings. The first kappa shape index (κ1) is 24.5. The fourth-order valence-electron chi connectivity index (χ4n) is 4.38. The lowest BCUT2D eigenvalue weighted by atomic mass is 9.84. The van der Waals surface area contributed by atoms with Gasteiger partial charge in [0.2, 0.25) is 0 Å². The fourth-order valence-corrected chi connectivity index (χ4v) is 4.38. The van der Waals surface area contributed by atoms with E-state index in [-0.39, 0.29) is 12.4 Å². The van der Waals surface area contributed by atoms with Crippen LogP contribution in [0.1, 0.15) is 136 Å². The second-order valence-electron chi connectivity index (χ2n) is 8.77. The summed E-state index contributed by atoms with van der Waals surface area (Å²) in [5, 5.41) is 9.87. The Hall–Kier alpha value is -0.570. The summed E-state index contributed by atoms with van der Waals surface area (Å²) in [4.78, 5) is 11.6. The average Bonchev–Trinajstić information content (AvgIpc) is 2.64. The Morgan fingerprint density at radius 3 is 1.67 bits per heavy atom. The standard InChI is InChI=1S/C24H46O3/c1-3-5-6-7-8-9-10-11-12-13-14-15-16-17-18-19-24(4-2)21-22(25)20-23(26)27-24/h22,25H,3-21H2,1-2H3/t22-,24?/m0/s1. The van der Waals surface area contributed by atoms with Gasteiger partial charge in [0.1, 0.15) is 5.60 Å². The summed E-state index contributed by atoms with van der Waals surface area (Å²) in [6.07, 6.45) is 22.4. The molecule has 0 radical (unpaired) electrons. The van der Waals surface area contributed by atoms with Gasteiger partial charge in [-0.2, -0.15) is 0 Å². The molecule has 1 fully saturated rings. The minimum atomic E-state index is -0.512. The molecule has 0 aromatic carbocycles. The lowest BCUT2D eigenvalue weighted by Gasteiger charge is -2.38. The first-order valence-corrected chi connectivity index (χ1v) is 12.0. The first-order valence-electron chi connectivity index (χ1n) is 12.0. The molecule has 1 saturated heterocycles. The Bertz CT molecular complexity index is 369. The lowest BCUT2D eigenvalue weighted by Crippen LogP contribution is -2.43. The molecule has 0 bridgehead atoms. The lowest BCUT2D eigenvalue weighted by molar-refractivity contribution is -0.178. The minimum absolute atomic E-state index is 0.167. The number of hydrogen-bond donors (Lipinski definition) is 1. The molecule has 1 N–H and O–H groups in total. The molecule has 1 unspecified atom stereocenters. The quantitative estimate of drug-likeness (QED) is 0.216. The van der Waals surface area contributed by atoms with Crippen LogP contribution in [0.4, 0.5) is 0 Å². The van der Waals surface area contributed by atoms with E-state index in [0.717, 1.165) is 19.3 Å². The zero-order valence-electron chi connectivity index (χ0n) is 18.3. The Balaban J connectivity index is 1.89. The van der Waals surface area contributed by atoms with E-state index in [1.54, 1.807) is 0 Å². The van der Waals surface area contributed by atoms with Crippen molar-refractivity contribution in [2.75, 3.05) is 0 Å². The topological polar surface area (TPSA) is 46.5 Å². The number of cyclic esters (lactones) is 1. The van der Waals surface area contributed by atoms with Crippen molar-refractivity contribution in [1.29, 1.82) is 0 Å². The van der Waals surface area contributed by atoms with Crippen LogP contribution >= 0.6 is 0 Å². The zero-order chi connectivity index (χ0) is 19.8. The molecule has 3 heteroatoms. The summed E-state index contributed by atoms with van der Waals surface area (Å²) in [7, 11) is 0. The van der Waals surface area contributed by atoms with Crippen molar-refractivity contribution in [1.82, 2.24) is 0 Å². The van der Waals surface area contributed by atoms with Gasteiger partial charge in [0, 0.05) is 6.42 Å². The number of aliphatic hydroxyl groups is 1. The van der Waals surface area contributed by atoms with E-state index in [1.165, 1.54) is 89.9 Å². The highest BCUT2D eigenvalue weighted by molar-refractivity contribution is 5.71. The summed E-state index contributed by atoms with van der Waals surface area (Å²) in [5.74, 6) is -0.225. The molecular weight excluding hydrogens is 336 g/mol. The maximum absolute atomic E-state index is 11.6. The molecule has 0 spiro atoms. The van der Waals surface area contributed by atoms with Crippen LogP contribution < -0.4 is 0 Å². The van der Waals surface area contributed by atoms with E-state index in [2.05, 4.69) is 13.8 Å². The Morgan fingerprint density at radius 1 is 0.815 bits per heavy atom. The molecule has 0 amide bonds. The van der Waals surface area contributed by atoms with E-state index < -0.39 is 11.7 Å². The molecule has 1 rings (SSSR count). The third-order valence-corrected chi connectivity index (χ3v) is 6.22. The number of ether oxygens (including phenoxy) is 1. The highest BCUT2D eigenvalue weighted by atomic mass is 16.6. The van der Waals surface area contributed by atoms with E-state index in [0.29, 0.717) is 6.42 Å². The molecule has 2 atom stereocenters. The van der Waals surface area contributed by atoms with Gasteiger partial charge in [0.15, 0.2) is 0 Å². The molecular formula is C24H46O3. The molecule has 1 aliphatic rings. The van der Waals surface area contributed by atoms with Crippen molar-refractivity contribution in [2.24, 2.45) is 0 Å². The van der Waals surface area contributed by atoms with Gasteiger partial charge in [0.25, 0.3) is 0 Å². The third-order valence-electron chi connectivity index (χ3n) is 6.22. The molecule has 0 aliphatic carbocycles. The van der Waals surface area contributed by atoms with Gasteiger partial charge < -0.3 is 9.84 Å². The summed E-state index contributed by atoms with van der Waals surface area (Å²) < 4.78 is 5.61. The van der Waals surface area contributed by atoms with Crippen molar-refractivity contribution in [3.8, 4) is 0 Å². The molecule has 160 valence electrons. The number of hydrogen-bond acceptors (Lipinski definition) is 3. The number of esters is 1. The van der Waals surface area contributed by atoms with Crippen LogP contribution in [-0.4, -0.2) is 22.8 Å². The van der Waals surface area contributed by atoms with Crippen LogP contribution in [0, 0.1) is 0 Å². The maximum atomic E-state index is 11.6. The number of rotatable bonds is 17. The van der Waals surface area contributed by atoms with Gasteiger partial charge in [-0.3, -0.25) is 4.79 Å². The van der Waals surface area contributed by atoms with Gasteiger partial charge in [0.05, 0.1) is 12.5 Å². The number of aliphatic hydroxyl groups excluding tert-OH is 1. The highest BCUT2D eigenvalue weighted by Crippen LogP contribution is 2.34. The second kappa shape index (κ2) is 15.4. The molecule has 1 heterocycles. The van der Waals surface area contributed by atoms with E-state index in [1.807, 2.05) is 0 Å². The maximum Gasteiger partial charge on any atom is 0.308 e. The van der Waals surface area contributed by atoms with Crippen LogP contribution in [0.25, 0.3) is 0 Å². The Kier molecular flexibility index (Phi) is 13.9. The highest BCUT2D eigenvalue weighted by Gasteiger charge is 2.39. The Morgan fingerprint density at radius 2 is 1.26 bits per heavy atom. The number of unbranched alkanes of at least 4 members (excludes halogenated alkanes) is 14. The minimum Gasteiger partial charge on any atom is -0.459 e. The zero-order valence-corrected chi connectivity index (χ0v) is 18.3. The van der Waals surface area contributed by atoms with Crippen LogP contribution in [0.15, 0.2) is 0 Å². The molecule has 27 heavy (non-hydrogen) atoms. The number of carbonyl (C=O) groups is 1. The molecule has 0 saturated carbocycles. The normalized spacial score (nSPS) is 22.8. The summed E-state index contributed by atoms with van der Waals surface area (Å²) >= 11 is 0. The van der Waals surface area contributed by atoms with Gasteiger partial charge in [-0.15, -0.1) is 0 Å². The monoisotopic (exact) mass is 382 g/mol. The second-order valence-corrected chi connectivity index (χ2v) is 8.77. The van der Waals surface area contributed by atoms with Crippen LogP contribution in [-0.2, 0) is 9.53 Å². The molecule has 1 aliphatic heterocycles. The predicted molar refractivity (Wildman–Crippen MR) is 114 cm³/mol. The van der Waals surface area contributed by atoms with Crippen LogP contribution in [0.5, 0.6) is 0 Å². The van der Waals surface area contributed by atoms with Crippen LogP contribution in [0.3, 0.4) is 0 Å². The van der Waals surface area contributed by atoms with E-state index >= 15 is 0 Å². The van der Waals surface area contributed by atoms with Crippen molar-refractivity contribution in [3.63, 3.8) is 0 Å². The average molecular weight is 383 g/mol. The van der Waals surface area contributed by atoms with Crippen molar-refractivity contribution < 1.29 is 14.6 Å². The third kappa shape index (κ3) is 11.8. The van der Waals surface area contributed by atoms with E-state index in [4.69, 9.17) is 4.74 Å². The molecule has 3 nitrogen and oxygen atoms in total. The SMILES string of the molecule is CCCCCCCCCCCCCCCCCC1(CC)C[C@@H](O)CC(=O)O1. The van der Waals surface area contributed by atoms with Gasteiger partial charge in [-0.25, -0.2) is 0 Å². The van der Waals surface area contributed by atoms with Gasteiger partial charge in [-0.1, -0.05) is 104 Å². The van der Waals surface area contributed by atoms with Gasteiger partial charge in [-0.05, 0) is 19.3 Å². The van der Waals surface area contributed by atoms with Crippen molar-refractivity contribution >= 4 is 5.97 Å². The number of carbonyl (C=O) groups excluding carboxylic acids is 1. The smallest absolute Gasteiger partial charge is 0.308 e. The van der Waals surface area contributed by atoms with Crippen molar-refractivity contribution in [2.45, 2.75) is 148 Å². The first-order chi connectivity index (χ1) is 13.1.